The van der Waals surface area contributed by atoms with E-state index in [1.807, 2.05) is 61.5 Å². The van der Waals surface area contributed by atoms with Gasteiger partial charge in [-0.2, -0.15) is 0 Å². The molecule has 8 nitrogen and oxygen atoms in total. The molecule has 3 aromatic carbocycles. The molecule has 1 N–H and O–H groups in total. The molecule has 1 atom stereocenters. The summed E-state index contributed by atoms with van der Waals surface area (Å²) in [6.07, 6.45) is 0. The molecule has 8 heteroatoms. The third-order valence-electron chi connectivity index (χ3n) is 6.93. The van der Waals surface area contributed by atoms with Crippen molar-refractivity contribution in [2.75, 3.05) is 13.7 Å². The van der Waals surface area contributed by atoms with E-state index in [2.05, 4.69) is 57.5 Å². The van der Waals surface area contributed by atoms with E-state index >= 15 is 0 Å². The molecular weight excluding hydrogens is 476 g/mol. The minimum atomic E-state index is -0.456. The number of aromatic amines is 1. The molecule has 0 spiro atoms. The van der Waals surface area contributed by atoms with Crippen molar-refractivity contribution in [2.24, 2.45) is 0 Å². The van der Waals surface area contributed by atoms with Gasteiger partial charge in [-0.1, -0.05) is 55.5 Å². The lowest BCUT2D eigenvalue weighted by Gasteiger charge is -2.30. The predicted molar refractivity (Wildman–Crippen MR) is 148 cm³/mol. The maximum atomic E-state index is 13.6. The minimum Gasteiger partial charge on any atom is -0.497 e. The summed E-state index contributed by atoms with van der Waals surface area (Å²) < 4.78 is 7.08. The fourth-order valence-corrected chi connectivity index (χ4v) is 5.02. The van der Waals surface area contributed by atoms with Gasteiger partial charge in [0.25, 0.3) is 5.56 Å². The van der Waals surface area contributed by atoms with Crippen LogP contribution in [0.2, 0.25) is 0 Å². The summed E-state index contributed by atoms with van der Waals surface area (Å²) in [4.78, 5) is 19.0. The molecule has 0 saturated heterocycles. The standard InChI is InChI=1S/C30H32N6O2/c1-5-35(18-22-9-7-6-8-10-22)28(26-17-25-21(3)15-20(2)16-27(25)31-30(26)37)29-32-33-34-36(29)19-23-11-13-24(38-4)14-12-23/h6-17,28H,5,18-19H2,1-4H3,(H,31,37)/t28-/m1/s1. The zero-order valence-corrected chi connectivity index (χ0v) is 22.2. The van der Waals surface area contributed by atoms with Crippen LogP contribution in [0.4, 0.5) is 0 Å². The van der Waals surface area contributed by atoms with Crippen molar-refractivity contribution >= 4 is 10.9 Å². The first-order valence-electron chi connectivity index (χ1n) is 12.8. The third-order valence-corrected chi connectivity index (χ3v) is 6.93. The molecule has 194 valence electrons. The maximum Gasteiger partial charge on any atom is 0.253 e. The van der Waals surface area contributed by atoms with E-state index in [-0.39, 0.29) is 5.56 Å². The minimum absolute atomic E-state index is 0.141. The van der Waals surface area contributed by atoms with Crippen LogP contribution in [0.5, 0.6) is 5.75 Å². The Hall–Kier alpha value is -4.30. The van der Waals surface area contributed by atoms with Gasteiger partial charge in [0.2, 0.25) is 0 Å². The Kier molecular flexibility index (Phi) is 7.33. The Morgan fingerprint density at radius 3 is 2.47 bits per heavy atom. The van der Waals surface area contributed by atoms with Crippen LogP contribution in [-0.4, -0.2) is 43.7 Å². The molecule has 2 aromatic heterocycles. The molecule has 0 aliphatic rings. The Morgan fingerprint density at radius 2 is 1.76 bits per heavy atom. The fraction of sp³-hybridized carbons (Fsp3) is 0.267. The topological polar surface area (TPSA) is 88.9 Å². The molecule has 0 fully saturated rings. The normalized spacial score (nSPS) is 12.2. The number of methoxy groups -OCH3 is 1. The number of H-pyrrole nitrogens is 1. The summed E-state index contributed by atoms with van der Waals surface area (Å²) in [5.74, 6) is 1.41. The number of tetrazole rings is 1. The smallest absolute Gasteiger partial charge is 0.253 e. The number of hydrogen-bond acceptors (Lipinski definition) is 6. The summed E-state index contributed by atoms with van der Waals surface area (Å²) >= 11 is 0. The summed E-state index contributed by atoms with van der Waals surface area (Å²) in [5.41, 5.74) is 5.71. The summed E-state index contributed by atoms with van der Waals surface area (Å²) in [6.45, 7) is 8.00. The predicted octanol–water partition coefficient (Wildman–Crippen LogP) is 4.80. The van der Waals surface area contributed by atoms with Crippen molar-refractivity contribution in [3.05, 3.63) is 117 Å². The van der Waals surface area contributed by atoms with Gasteiger partial charge in [-0.05, 0) is 77.3 Å². The van der Waals surface area contributed by atoms with Gasteiger partial charge in [-0.3, -0.25) is 9.69 Å². The van der Waals surface area contributed by atoms with Gasteiger partial charge in [0.15, 0.2) is 5.82 Å². The van der Waals surface area contributed by atoms with Crippen molar-refractivity contribution in [3.63, 3.8) is 0 Å². The van der Waals surface area contributed by atoms with Gasteiger partial charge in [-0.15, -0.1) is 5.10 Å². The second-order valence-corrected chi connectivity index (χ2v) is 9.59. The monoisotopic (exact) mass is 508 g/mol. The second kappa shape index (κ2) is 11.0. The Labute approximate surface area is 221 Å². The molecule has 0 radical (unpaired) electrons. The second-order valence-electron chi connectivity index (χ2n) is 9.59. The number of aryl methyl sites for hydroxylation is 2. The highest BCUT2D eigenvalue weighted by Gasteiger charge is 2.30. The Bertz CT molecular complexity index is 1590. The highest BCUT2D eigenvalue weighted by atomic mass is 16.5. The van der Waals surface area contributed by atoms with Crippen LogP contribution in [0.3, 0.4) is 0 Å². The van der Waals surface area contributed by atoms with Crippen molar-refractivity contribution < 1.29 is 4.74 Å². The average Bonchev–Trinajstić information content (AvgIpc) is 3.37. The number of fused-ring (bicyclic) bond motifs is 1. The summed E-state index contributed by atoms with van der Waals surface area (Å²) in [5, 5.41) is 13.9. The number of ether oxygens (including phenoxy) is 1. The number of benzene rings is 3. The number of hydrogen-bond donors (Lipinski definition) is 1. The van der Waals surface area contributed by atoms with Gasteiger partial charge < -0.3 is 9.72 Å². The van der Waals surface area contributed by atoms with E-state index in [0.717, 1.165) is 38.9 Å². The number of rotatable bonds is 9. The van der Waals surface area contributed by atoms with Gasteiger partial charge in [0.05, 0.1) is 13.7 Å². The van der Waals surface area contributed by atoms with Crippen molar-refractivity contribution in [3.8, 4) is 5.75 Å². The van der Waals surface area contributed by atoms with Gasteiger partial charge in [0, 0.05) is 23.0 Å². The van der Waals surface area contributed by atoms with Crippen LogP contribution in [0.25, 0.3) is 10.9 Å². The molecule has 38 heavy (non-hydrogen) atoms. The average molecular weight is 509 g/mol. The number of nitrogens with zero attached hydrogens (tertiary/aromatic N) is 5. The van der Waals surface area contributed by atoms with E-state index in [9.17, 15) is 4.79 Å². The molecule has 0 amide bonds. The van der Waals surface area contributed by atoms with Crippen LogP contribution in [0.1, 0.15) is 46.6 Å². The van der Waals surface area contributed by atoms with Crippen molar-refractivity contribution in [2.45, 2.75) is 39.9 Å². The van der Waals surface area contributed by atoms with E-state index in [0.29, 0.717) is 31.0 Å². The number of aromatic nitrogens is 5. The molecular formula is C30H32N6O2. The van der Waals surface area contributed by atoms with Gasteiger partial charge >= 0.3 is 0 Å². The first-order valence-corrected chi connectivity index (χ1v) is 12.8. The van der Waals surface area contributed by atoms with Crippen molar-refractivity contribution in [1.82, 2.24) is 30.1 Å². The van der Waals surface area contributed by atoms with Gasteiger partial charge in [0.1, 0.15) is 11.8 Å². The van der Waals surface area contributed by atoms with E-state index in [4.69, 9.17) is 4.74 Å². The Morgan fingerprint density at radius 1 is 1.00 bits per heavy atom. The summed E-state index contributed by atoms with van der Waals surface area (Å²) in [6, 6.07) is 23.8. The number of pyridine rings is 1. The van der Waals surface area contributed by atoms with Crippen LogP contribution in [-0.2, 0) is 13.1 Å². The summed E-state index contributed by atoms with van der Waals surface area (Å²) in [7, 11) is 1.65. The molecule has 0 aliphatic carbocycles. The van der Waals surface area contributed by atoms with E-state index < -0.39 is 6.04 Å². The highest BCUT2D eigenvalue weighted by Crippen LogP contribution is 2.29. The molecule has 0 unspecified atom stereocenters. The van der Waals surface area contributed by atoms with Crippen molar-refractivity contribution in [1.29, 1.82) is 0 Å². The largest absolute Gasteiger partial charge is 0.497 e. The van der Waals surface area contributed by atoms with Crippen LogP contribution in [0, 0.1) is 13.8 Å². The first-order chi connectivity index (χ1) is 18.5. The van der Waals surface area contributed by atoms with Gasteiger partial charge in [-0.25, -0.2) is 4.68 Å². The zero-order valence-electron chi connectivity index (χ0n) is 22.2. The fourth-order valence-electron chi connectivity index (χ4n) is 5.02. The first kappa shape index (κ1) is 25.4. The van der Waals surface area contributed by atoms with Crippen LogP contribution in [0.15, 0.2) is 77.6 Å². The molecule has 5 rings (SSSR count). The highest BCUT2D eigenvalue weighted by molar-refractivity contribution is 5.83. The third kappa shape index (κ3) is 5.21. The molecule has 5 aromatic rings. The molecule has 2 heterocycles. The van der Waals surface area contributed by atoms with Crippen LogP contribution < -0.4 is 10.3 Å². The van der Waals surface area contributed by atoms with E-state index in [1.54, 1.807) is 11.8 Å². The zero-order chi connectivity index (χ0) is 26.6. The van der Waals surface area contributed by atoms with Crippen LogP contribution >= 0.6 is 0 Å². The molecule has 0 bridgehead atoms. The quantitative estimate of drug-likeness (QED) is 0.308. The number of nitrogens with one attached hydrogen (secondary N) is 1. The Balaban J connectivity index is 1.63. The maximum absolute atomic E-state index is 13.6. The molecule has 0 aliphatic heterocycles. The molecule has 0 saturated carbocycles. The lowest BCUT2D eigenvalue weighted by atomic mass is 9.99. The SMILES string of the molecule is CCN(Cc1ccccc1)[C@H](c1cc2c(C)cc(C)cc2[nH]c1=O)c1nnnn1Cc1ccc(OC)cc1. The van der Waals surface area contributed by atoms with E-state index in [1.165, 1.54) is 0 Å². The lowest BCUT2D eigenvalue weighted by molar-refractivity contribution is 0.214. The lowest BCUT2D eigenvalue weighted by Crippen LogP contribution is -2.35.